The van der Waals surface area contributed by atoms with E-state index in [0.717, 1.165) is 0 Å². The largest absolute Gasteiger partial charge is 0.272 e. The lowest BCUT2D eigenvalue weighted by molar-refractivity contribution is -0.384. The molecule has 0 spiro atoms. The third-order valence-electron chi connectivity index (χ3n) is 2.41. The Labute approximate surface area is 114 Å². The number of nitro benzene ring substituents is 1. The van der Waals surface area contributed by atoms with Gasteiger partial charge in [0, 0.05) is 24.5 Å². The van der Waals surface area contributed by atoms with E-state index >= 15 is 0 Å². The van der Waals surface area contributed by atoms with Gasteiger partial charge in [-0.2, -0.15) is 5.10 Å². The molecule has 2 aromatic rings. The Bertz CT molecular complexity index is 638. The van der Waals surface area contributed by atoms with Crippen molar-refractivity contribution in [3.05, 3.63) is 70.0 Å². The van der Waals surface area contributed by atoms with Crippen LogP contribution in [0.15, 0.2) is 53.9 Å². The lowest BCUT2D eigenvalue weighted by Crippen LogP contribution is -2.17. The van der Waals surface area contributed by atoms with Crippen LogP contribution in [0.25, 0.3) is 0 Å². The summed E-state index contributed by atoms with van der Waals surface area (Å²) in [6, 6.07) is 9.07. The Morgan fingerprint density at radius 2 is 2.05 bits per heavy atom. The van der Waals surface area contributed by atoms with Crippen LogP contribution in [0.2, 0.25) is 0 Å². The van der Waals surface area contributed by atoms with Gasteiger partial charge in [0.2, 0.25) is 0 Å². The highest BCUT2D eigenvalue weighted by Crippen LogP contribution is 2.10. The monoisotopic (exact) mass is 270 g/mol. The van der Waals surface area contributed by atoms with Gasteiger partial charge in [0.05, 0.1) is 16.7 Å². The molecular formula is C13H10N4O3. The molecule has 1 heterocycles. The van der Waals surface area contributed by atoms with Crippen LogP contribution in [0, 0.1) is 10.1 Å². The molecule has 1 aromatic carbocycles. The number of hydrogen-bond donors (Lipinski definition) is 1. The number of aromatic nitrogens is 1. The van der Waals surface area contributed by atoms with Gasteiger partial charge in [0.25, 0.3) is 11.6 Å². The maximum atomic E-state index is 11.6. The van der Waals surface area contributed by atoms with Crippen LogP contribution in [-0.2, 0) is 0 Å². The van der Waals surface area contributed by atoms with Crippen LogP contribution in [0.4, 0.5) is 5.69 Å². The molecule has 20 heavy (non-hydrogen) atoms. The van der Waals surface area contributed by atoms with E-state index in [1.165, 1.54) is 36.7 Å². The molecule has 0 saturated carbocycles. The predicted molar refractivity (Wildman–Crippen MR) is 72.4 cm³/mol. The maximum absolute atomic E-state index is 11.6. The van der Waals surface area contributed by atoms with Crippen molar-refractivity contribution in [3.8, 4) is 0 Å². The van der Waals surface area contributed by atoms with Crippen molar-refractivity contribution in [2.45, 2.75) is 0 Å². The van der Waals surface area contributed by atoms with Gasteiger partial charge in [0.1, 0.15) is 0 Å². The van der Waals surface area contributed by atoms with Crippen molar-refractivity contribution in [2.75, 3.05) is 0 Å². The normalized spacial score (nSPS) is 10.4. The molecule has 100 valence electrons. The highest BCUT2D eigenvalue weighted by Gasteiger charge is 2.04. The van der Waals surface area contributed by atoms with E-state index in [1.54, 1.807) is 18.3 Å². The first-order valence-corrected chi connectivity index (χ1v) is 5.65. The molecule has 0 unspecified atom stereocenters. The minimum Gasteiger partial charge on any atom is -0.267 e. The van der Waals surface area contributed by atoms with Crippen LogP contribution in [0.3, 0.4) is 0 Å². The number of carbonyl (C=O) groups is 1. The summed E-state index contributed by atoms with van der Waals surface area (Å²) < 4.78 is 0. The first kappa shape index (κ1) is 13.3. The van der Waals surface area contributed by atoms with Crippen molar-refractivity contribution in [1.29, 1.82) is 0 Å². The third kappa shape index (κ3) is 3.45. The van der Waals surface area contributed by atoms with E-state index in [2.05, 4.69) is 15.5 Å². The molecule has 0 radical (unpaired) electrons. The number of hydrazone groups is 1. The van der Waals surface area contributed by atoms with E-state index in [0.29, 0.717) is 11.1 Å². The van der Waals surface area contributed by atoms with E-state index in [-0.39, 0.29) is 11.6 Å². The number of amides is 1. The van der Waals surface area contributed by atoms with E-state index in [9.17, 15) is 14.9 Å². The summed E-state index contributed by atoms with van der Waals surface area (Å²) >= 11 is 0. The molecule has 1 N–H and O–H groups in total. The molecule has 0 aliphatic rings. The van der Waals surface area contributed by atoms with E-state index < -0.39 is 4.92 Å². The summed E-state index contributed by atoms with van der Waals surface area (Å²) in [7, 11) is 0. The van der Waals surface area contributed by atoms with Gasteiger partial charge in [-0.15, -0.1) is 0 Å². The van der Waals surface area contributed by atoms with Gasteiger partial charge < -0.3 is 0 Å². The van der Waals surface area contributed by atoms with Gasteiger partial charge in [0.15, 0.2) is 0 Å². The van der Waals surface area contributed by atoms with Crippen LogP contribution in [0.1, 0.15) is 15.9 Å². The topological polar surface area (TPSA) is 97.5 Å². The Balaban J connectivity index is 1.96. The molecule has 0 fully saturated rings. The minimum atomic E-state index is -0.481. The molecule has 0 bridgehead atoms. The second-order valence-electron chi connectivity index (χ2n) is 3.79. The predicted octanol–water partition coefficient (Wildman–Crippen LogP) is 1.75. The molecule has 1 aromatic heterocycles. The molecule has 1 amide bonds. The zero-order chi connectivity index (χ0) is 14.4. The number of non-ortho nitro benzene ring substituents is 1. The minimum absolute atomic E-state index is 0.00143. The molecule has 7 nitrogen and oxygen atoms in total. The smallest absolute Gasteiger partial charge is 0.267 e. The van der Waals surface area contributed by atoms with Crippen molar-refractivity contribution < 1.29 is 9.72 Å². The highest BCUT2D eigenvalue weighted by atomic mass is 16.6. The van der Waals surface area contributed by atoms with E-state index in [1.807, 2.05) is 0 Å². The van der Waals surface area contributed by atoms with Gasteiger partial charge in [-0.25, -0.2) is 5.43 Å². The second-order valence-corrected chi connectivity index (χ2v) is 3.79. The van der Waals surface area contributed by atoms with Crippen molar-refractivity contribution in [2.24, 2.45) is 5.10 Å². The fourth-order valence-corrected chi connectivity index (χ4v) is 1.41. The number of rotatable bonds is 4. The molecule has 0 aliphatic carbocycles. The fraction of sp³-hybridized carbons (Fsp3) is 0. The Hall–Kier alpha value is -3.09. The zero-order valence-electron chi connectivity index (χ0n) is 10.3. The number of nitrogens with zero attached hydrogens (tertiary/aromatic N) is 3. The summed E-state index contributed by atoms with van der Waals surface area (Å²) in [5.41, 5.74) is 3.38. The summed E-state index contributed by atoms with van der Waals surface area (Å²) in [6.07, 6.45) is 4.39. The number of carbonyl (C=O) groups excluding carboxylic acids is 1. The molecular weight excluding hydrogens is 260 g/mol. The number of hydrogen-bond acceptors (Lipinski definition) is 5. The summed E-state index contributed by atoms with van der Waals surface area (Å²) in [4.78, 5) is 25.4. The molecule has 0 saturated heterocycles. The van der Waals surface area contributed by atoms with Gasteiger partial charge in [-0.1, -0.05) is 0 Å². The van der Waals surface area contributed by atoms with Crippen LogP contribution < -0.4 is 5.43 Å². The maximum Gasteiger partial charge on any atom is 0.272 e. The highest BCUT2D eigenvalue weighted by molar-refractivity contribution is 5.94. The van der Waals surface area contributed by atoms with E-state index in [4.69, 9.17) is 0 Å². The Kier molecular flexibility index (Phi) is 4.13. The standard InChI is InChI=1S/C13H10N4O3/c18-13(11-2-1-7-14-9-11)16-15-8-10-3-5-12(6-4-10)17(19)20/h1-9H,(H,16,18)/b15-8+. The first-order valence-electron chi connectivity index (χ1n) is 5.65. The SMILES string of the molecule is O=C(N/N=C/c1ccc([N+](=O)[O-])cc1)c1cccnc1. The summed E-state index contributed by atoms with van der Waals surface area (Å²) in [6.45, 7) is 0. The van der Waals surface area contributed by atoms with Gasteiger partial charge >= 0.3 is 0 Å². The average molecular weight is 270 g/mol. The van der Waals surface area contributed by atoms with Crippen LogP contribution in [0.5, 0.6) is 0 Å². The number of benzene rings is 1. The molecule has 0 atom stereocenters. The lowest BCUT2D eigenvalue weighted by atomic mass is 10.2. The number of nitro groups is 1. The Morgan fingerprint density at radius 1 is 1.30 bits per heavy atom. The average Bonchev–Trinajstić information content (AvgIpc) is 2.48. The molecule has 7 heteroatoms. The van der Waals surface area contributed by atoms with Crippen LogP contribution in [-0.4, -0.2) is 22.0 Å². The quantitative estimate of drug-likeness (QED) is 0.520. The summed E-state index contributed by atoms with van der Waals surface area (Å²) in [5.74, 6) is -0.378. The fourth-order valence-electron chi connectivity index (χ4n) is 1.41. The zero-order valence-corrected chi connectivity index (χ0v) is 10.3. The second kappa shape index (κ2) is 6.19. The third-order valence-corrected chi connectivity index (χ3v) is 2.41. The molecule has 0 aliphatic heterocycles. The number of nitrogens with one attached hydrogen (secondary N) is 1. The number of pyridine rings is 1. The van der Waals surface area contributed by atoms with Crippen molar-refractivity contribution in [1.82, 2.24) is 10.4 Å². The van der Waals surface area contributed by atoms with Crippen molar-refractivity contribution in [3.63, 3.8) is 0 Å². The Morgan fingerprint density at radius 3 is 2.65 bits per heavy atom. The van der Waals surface area contributed by atoms with Gasteiger partial charge in [-0.3, -0.25) is 19.9 Å². The van der Waals surface area contributed by atoms with Crippen LogP contribution >= 0.6 is 0 Å². The summed E-state index contributed by atoms with van der Waals surface area (Å²) in [5, 5.41) is 14.3. The lowest BCUT2D eigenvalue weighted by Gasteiger charge is -1.98. The molecule has 2 rings (SSSR count). The first-order chi connectivity index (χ1) is 9.66. The van der Waals surface area contributed by atoms with Crippen molar-refractivity contribution >= 4 is 17.8 Å². The van der Waals surface area contributed by atoms with Gasteiger partial charge in [-0.05, 0) is 29.8 Å².